The van der Waals surface area contributed by atoms with E-state index in [1.54, 1.807) is 50.2 Å². The molecule has 5 aromatic carbocycles. The van der Waals surface area contributed by atoms with Crippen LogP contribution in [0.4, 0.5) is 54.8 Å². The van der Waals surface area contributed by atoms with Gasteiger partial charge < -0.3 is 24.1 Å². The number of anilines is 4. The van der Waals surface area contributed by atoms with Crippen molar-refractivity contribution in [3.05, 3.63) is 141 Å². The number of carbonyl (C=O) groups excluding carboxylic acids is 2. The van der Waals surface area contributed by atoms with Crippen molar-refractivity contribution in [3.63, 3.8) is 0 Å². The first-order valence-electron chi connectivity index (χ1n) is 26.6. The summed E-state index contributed by atoms with van der Waals surface area (Å²) in [6, 6.07) is 21.4. The van der Waals surface area contributed by atoms with Gasteiger partial charge in [0, 0.05) is 82.3 Å². The van der Waals surface area contributed by atoms with Gasteiger partial charge in [0.2, 0.25) is 22.9 Å². The maximum atomic E-state index is 15.9. The van der Waals surface area contributed by atoms with Crippen LogP contribution >= 0.6 is 0 Å². The van der Waals surface area contributed by atoms with E-state index in [4.69, 9.17) is 4.42 Å². The van der Waals surface area contributed by atoms with E-state index in [1.165, 1.54) is 38.1 Å². The molecule has 0 aromatic heterocycles. The molecule has 15 nitrogen and oxygen atoms in total. The van der Waals surface area contributed by atoms with Crippen LogP contribution in [-0.2, 0) is 39.8 Å². The van der Waals surface area contributed by atoms with Gasteiger partial charge >= 0.3 is 26.5 Å². The summed E-state index contributed by atoms with van der Waals surface area (Å²) in [5.41, 5.74) is 8.16. The van der Waals surface area contributed by atoms with Crippen LogP contribution < -0.4 is 33.8 Å². The van der Waals surface area contributed by atoms with Gasteiger partial charge in [0.25, 0.3) is 20.0 Å². The Hall–Kier alpha value is -7.28. The molecule has 0 saturated carbocycles. The summed E-state index contributed by atoms with van der Waals surface area (Å²) in [4.78, 5) is 25.7. The number of fused-ring (bicyclic) bond motifs is 2. The van der Waals surface area contributed by atoms with Crippen LogP contribution in [-0.4, -0.2) is 65.6 Å². The second-order valence-electron chi connectivity index (χ2n) is 21.5. The van der Waals surface area contributed by atoms with Crippen LogP contribution in [0.3, 0.4) is 0 Å². The molecule has 2 amide bonds. The van der Waals surface area contributed by atoms with Crippen LogP contribution in [0.5, 0.6) is 5.75 Å². The van der Waals surface area contributed by atoms with Gasteiger partial charge in [-0.15, -0.1) is 0 Å². The molecule has 0 bridgehead atoms. The summed E-state index contributed by atoms with van der Waals surface area (Å²) in [5.74, 6) is -9.05. The third-order valence-electron chi connectivity index (χ3n) is 14.5. The third kappa shape index (κ3) is 11.6. The highest BCUT2D eigenvalue weighted by atomic mass is 32.3. The van der Waals surface area contributed by atoms with Crippen LogP contribution in [0.1, 0.15) is 107 Å². The number of sulfonamides is 2. The fourth-order valence-electron chi connectivity index (χ4n) is 10.6. The number of alkyl halides is 6. The minimum atomic E-state index is -7.58. The molecule has 0 spiro atoms. The summed E-state index contributed by atoms with van der Waals surface area (Å²) in [5, 5.41) is -7.69. The van der Waals surface area contributed by atoms with Crippen LogP contribution in [0, 0.1) is 41.5 Å². The van der Waals surface area contributed by atoms with E-state index < -0.39 is 62.8 Å². The molecule has 0 radical (unpaired) electrons. The maximum absolute atomic E-state index is 15.9. The largest absolute Gasteiger partial charge is 0.456 e. The van der Waals surface area contributed by atoms with Gasteiger partial charge in [-0.1, -0.05) is 54.4 Å². The second kappa shape index (κ2) is 23.3. The van der Waals surface area contributed by atoms with Crippen molar-refractivity contribution < 1.29 is 69.8 Å². The number of hydrogen-bond donors (Lipinski definition) is 3. The summed E-state index contributed by atoms with van der Waals surface area (Å²) < 4.78 is 189. The molecule has 1 aliphatic heterocycles. The lowest BCUT2D eigenvalue weighted by Gasteiger charge is -2.33. The Balaban J connectivity index is 1.46. The smallest absolute Gasteiger partial charge is 0.450 e. The van der Waals surface area contributed by atoms with Crippen molar-refractivity contribution in [2.45, 2.75) is 143 Å². The topological polar surface area (TPSA) is 201 Å². The van der Waals surface area contributed by atoms with E-state index in [-0.39, 0.29) is 57.7 Å². The van der Waals surface area contributed by atoms with E-state index in [2.05, 4.69) is 14.8 Å². The highest BCUT2D eigenvalue weighted by molar-refractivity contribution is 8.05. The number of carbonyl (C=O) groups is 2. The molecule has 0 saturated heterocycles. The molecule has 1 atom stereocenters. The molecule has 84 heavy (non-hydrogen) atoms. The third-order valence-corrected chi connectivity index (χ3v) is 19.5. The predicted octanol–water partition coefficient (Wildman–Crippen LogP) is 13.4. The molecule has 450 valence electrons. The Bertz CT molecular complexity index is 4170. The first-order valence-corrected chi connectivity index (χ1v) is 30.9. The van der Waals surface area contributed by atoms with E-state index in [0.717, 1.165) is 69.0 Å². The number of halogens is 6. The molecule has 3 N–H and O–H groups in total. The van der Waals surface area contributed by atoms with Crippen molar-refractivity contribution in [1.82, 2.24) is 8.70 Å². The van der Waals surface area contributed by atoms with E-state index in [9.17, 15) is 34.8 Å². The standard InChI is InChI=1S/C60H65F6N5O10S3/c1-15-34(6)43-20-24-46(25-21-43)81-84(78,79)60(65,66)58(61,62)59(63,64)83(76,77)69-82(74,75)52-19-17-16-18-49(52)53-47-26-22-44(70(32(2)3)56-37(9)28-35(7)54(39(56)11)67-41(13)72)30-50(47)80-51-31-45(23-27-48(51)53)71(33(4)5)57-38(10)29-36(8)55(40(57)12)68-42(14)73/h16-34,69H,15H2,1-14H3,(H-,67,68,72,73)/p+1. The lowest BCUT2D eigenvalue weighted by atomic mass is 9.93. The molecular formula is C60H66F6N5O10S3+. The molecule has 5 aromatic rings. The van der Waals surface area contributed by atoms with Gasteiger partial charge in [-0.05, 0) is 152 Å². The van der Waals surface area contributed by atoms with Gasteiger partial charge in [-0.25, -0.2) is 16.8 Å². The highest BCUT2D eigenvalue weighted by Crippen LogP contribution is 2.52. The molecule has 0 fully saturated rings. The molecule has 7 rings (SSSR count). The molecular weight excluding hydrogens is 1160 g/mol. The molecule has 1 heterocycles. The minimum absolute atomic E-state index is 0.0229. The van der Waals surface area contributed by atoms with Gasteiger partial charge in [0.05, 0.1) is 16.6 Å². The number of benzene rings is 6. The Labute approximate surface area is 485 Å². The number of hydrogen-bond acceptors (Lipinski definition) is 11. The van der Waals surface area contributed by atoms with Gasteiger partial charge in [-0.2, -0.15) is 39.3 Å². The van der Waals surface area contributed by atoms with Crippen molar-refractivity contribution in [2.24, 2.45) is 0 Å². The number of nitrogens with zero attached hydrogens (tertiary/aromatic N) is 2. The van der Waals surface area contributed by atoms with Crippen LogP contribution in [0.2, 0.25) is 0 Å². The molecule has 1 aliphatic carbocycles. The minimum Gasteiger partial charge on any atom is -0.456 e. The summed E-state index contributed by atoms with van der Waals surface area (Å²) in [7, 11) is -20.8. The first kappa shape index (κ1) is 64.3. The lowest BCUT2D eigenvalue weighted by molar-refractivity contribution is -0.245. The van der Waals surface area contributed by atoms with Gasteiger partial charge in [-0.3, -0.25) is 9.59 Å². The quantitative estimate of drug-likeness (QED) is 0.0301. The zero-order valence-corrected chi connectivity index (χ0v) is 51.1. The van der Waals surface area contributed by atoms with E-state index >= 15 is 26.3 Å². The first-order chi connectivity index (χ1) is 38.8. The Kier molecular flexibility index (Phi) is 17.8. The Morgan fingerprint density at radius 1 is 0.667 bits per heavy atom. The average molecular weight is 1230 g/mol. The molecule has 1 unspecified atom stereocenters. The molecule has 24 heteroatoms. The fourth-order valence-corrected chi connectivity index (χ4v) is 14.7. The van der Waals surface area contributed by atoms with Crippen LogP contribution in [0.15, 0.2) is 106 Å². The second-order valence-corrected chi connectivity index (χ2v) is 26.7. The van der Waals surface area contributed by atoms with E-state index in [0.29, 0.717) is 38.5 Å². The van der Waals surface area contributed by atoms with Gasteiger partial charge in [0.15, 0.2) is 6.04 Å². The van der Waals surface area contributed by atoms with Crippen molar-refractivity contribution in [1.29, 1.82) is 0 Å². The summed E-state index contributed by atoms with van der Waals surface area (Å²) >= 11 is 0. The lowest BCUT2D eigenvalue weighted by Crippen LogP contribution is -2.63. The summed E-state index contributed by atoms with van der Waals surface area (Å²) in [6.07, 6.45) is 0.578. The van der Waals surface area contributed by atoms with Crippen LogP contribution in [0.25, 0.3) is 33.4 Å². The SMILES string of the molecule is CCC(C)c1ccc(OS(=O)(=O)C(F)(F)C(F)(F)C(F)(F)S(=O)(=O)NS(=O)(=O)c2ccccc2-c2c3cc/c(=[N+](\c4c(C)cc(C)c(NC(C)=O)c4C)C(C)C)cc-3oc3cc(N(c4c(C)cc(C)c(NC(C)=O)c4C)C(C)C)ccc23)cc1. The number of nitrogens with one attached hydrogen (secondary N) is 3. The summed E-state index contributed by atoms with van der Waals surface area (Å²) in [6.45, 7) is 25.2. The predicted molar refractivity (Wildman–Crippen MR) is 314 cm³/mol. The molecule has 2 aliphatic rings. The normalized spacial score (nSPS) is 13.6. The highest BCUT2D eigenvalue weighted by Gasteiger charge is 2.83. The number of rotatable bonds is 19. The fraction of sp³-hybridized carbons (Fsp3) is 0.350. The van der Waals surface area contributed by atoms with Crippen molar-refractivity contribution in [3.8, 4) is 28.2 Å². The monoisotopic (exact) mass is 1230 g/mol. The van der Waals surface area contributed by atoms with E-state index in [1.807, 2.05) is 90.8 Å². The Morgan fingerprint density at radius 3 is 1.80 bits per heavy atom. The zero-order chi connectivity index (χ0) is 62.7. The number of amides is 2. The average Bonchev–Trinajstić information content (AvgIpc) is 1.25. The Morgan fingerprint density at radius 2 is 1.24 bits per heavy atom. The van der Waals surface area contributed by atoms with Crippen molar-refractivity contribution in [2.75, 3.05) is 15.5 Å². The number of aryl methyl sites for hydroxylation is 4. The van der Waals surface area contributed by atoms with Crippen molar-refractivity contribution >= 4 is 81.4 Å². The maximum Gasteiger partial charge on any atom is 0.450 e. The zero-order valence-electron chi connectivity index (χ0n) is 48.6. The van der Waals surface area contributed by atoms with Gasteiger partial charge in [0.1, 0.15) is 17.1 Å².